The molecule has 1 aliphatic rings. The van der Waals surface area contributed by atoms with E-state index in [-0.39, 0.29) is 18.2 Å². The molecule has 0 aromatic heterocycles. The molecule has 1 fully saturated rings. The summed E-state index contributed by atoms with van der Waals surface area (Å²) in [7, 11) is 0. The molecule has 2 aromatic rings. The Morgan fingerprint density at radius 1 is 0.775 bits per heavy atom. The highest BCUT2D eigenvalue weighted by Gasteiger charge is 2.49. The van der Waals surface area contributed by atoms with Gasteiger partial charge in [0.15, 0.2) is 18.3 Å². The van der Waals surface area contributed by atoms with Crippen LogP contribution in [0.3, 0.4) is 0 Å². The maximum absolute atomic E-state index is 6.70. The molecule has 0 unspecified atom stereocenters. The van der Waals surface area contributed by atoms with Gasteiger partial charge in [0.1, 0.15) is 12.4 Å². The summed E-state index contributed by atoms with van der Waals surface area (Å²) >= 11 is 6.70. The van der Waals surface area contributed by atoms with Gasteiger partial charge in [-0.25, -0.2) is 0 Å². The van der Waals surface area contributed by atoms with E-state index in [9.17, 15) is 0 Å². The van der Waals surface area contributed by atoms with Gasteiger partial charge >= 0.3 is 0 Å². The molecule has 0 radical (unpaired) electrons. The van der Waals surface area contributed by atoms with Crippen molar-refractivity contribution in [3.05, 3.63) is 114 Å². The molecule has 3 rings (SSSR count). The van der Waals surface area contributed by atoms with Gasteiger partial charge in [0.05, 0.1) is 43.7 Å². The number of hydrogen-bond donors (Lipinski definition) is 1. The summed E-state index contributed by atoms with van der Waals surface area (Å²) in [5.41, 5.74) is 3.21. The van der Waals surface area contributed by atoms with E-state index in [4.69, 9.17) is 35.3 Å². The standard InChI is InChI=1S/C33H42ClNO5/c1-6-17-36-23-29-31(38-18-7-2)33(40-20-9-4)32(39-19-8-3)30(35-29)25-13-16-28(34)26(22-25)21-24-11-14-27(15-12-24)37-10-5/h6-9,11-20,22,29-33,35H,10,21,23H2,1-5H3/t29-,30+,31-,32+,33+/m1/s1. The van der Waals surface area contributed by atoms with Crippen LogP contribution in [-0.2, 0) is 25.4 Å². The van der Waals surface area contributed by atoms with Crippen molar-refractivity contribution in [3.63, 3.8) is 0 Å². The lowest BCUT2D eigenvalue weighted by Gasteiger charge is -2.45. The average molecular weight is 568 g/mol. The SMILES string of the molecule is CC=COC[C@H]1N[C@@H](c2ccc(Cl)c(Cc3ccc(OCC)cc3)c2)[C@H](OC=CC)[C@@H](OC=CC)[C@@H]1OC=CC. The molecule has 1 saturated heterocycles. The molecule has 40 heavy (non-hydrogen) atoms. The topological polar surface area (TPSA) is 58.2 Å². The van der Waals surface area contributed by atoms with E-state index in [1.54, 1.807) is 25.0 Å². The van der Waals surface area contributed by atoms with Crippen molar-refractivity contribution in [2.75, 3.05) is 13.2 Å². The van der Waals surface area contributed by atoms with E-state index in [0.29, 0.717) is 24.7 Å². The molecule has 0 bridgehead atoms. The fourth-order valence-electron chi connectivity index (χ4n) is 4.71. The number of rotatable bonds is 14. The highest BCUT2D eigenvalue weighted by atomic mass is 35.5. The molecular formula is C33H42ClNO5. The zero-order valence-electron chi connectivity index (χ0n) is 24.1. The first kappa shape index (κ1) is 31.2. The van der Waals surface area contributed by atoms with Gasteiger partial charge in [0.25, 0.3) is 0 Å². The molecule has 0 amide bonds. The third-order valence-corrected chi connectivity index (χ3v) is 6.82. The number of ether oxygens (including phenoxy) is 5. The number of piperidine rings is 1. The van der Waals surface area contributed by atoms with Crippen LogP contribution in [-0.4, -0.2) is 37.6 Å². The molecule has 1 aliphatic heterocycles. The normalized spacial score (nSPS) is 23.3. The minimum absolute atomic E-state index is 0.191. The second-order valence-corrected chi connectivity index (χ2v) is 9.78. The number of allylic oxidation sites excluding steroid dienone is 4. The van der Waals surface area contributed by atoms with Crippen LogP contribution in [0.1, 0.15) is 57.4 Å². The fourth-order valence-corrected chi connectivity index (χ4v) is 4.90. The maximum Gasteiger partial charge on any atom is 0.174 e. The predicted octanol–water partition coefficient (Wildman–Crippen LogP) is 7.65. The van der Waals surface area contributed by atoms with Crippen molar-refractivity contribution in [1.82, 2.24) is 5.32 Å². The van der Waals surface area contributed by atoms with E-state index < -0.39 is 12.2 Å². The van der Waals surface area contributed by atoms with Crippen molar-refractivity contribution < 1.29 is 23.7 Å². The lowest BCUT2D eigenvalue weighted by Crippen LogP contribution is -2.63. The molecule has 1 heterocycles. The summed E-state index contributed by atoms with van der Waals surface area (Å²) in [4.78, 5) is 0. The Balaban J connectivity index is 2.00. The van der Waals surface area contributed by atoms with E-state index in [1.165, 1.54) is 0 Å². The Morgan fingerprint density at radius 2 is 1.40 bits per heavy atom. The Kier molecular flexibility index (Phi) is 13.0. The Labute approximate surface area is 244 Å². The third-order valence-electron chi connectivity index (χ3n) is 6.45. The van der Waals surface area contributed by atoms with Gasteiger partial charge in [-0.1, -0.05) is 60.2 Å². The van der Waals surface area contributed by atoms with E-state index in [1.807, 2.05) is 83.2 Å². The van der Waals surface area contributed by atoms with Gasteiger partial charge < -0.3 is 23.7 Å². The molecule has 0 aliphatic carbocycles. The van der Waals surface area contributed by atoms with E-state index >= 15 is 0 Å². The molecular weight excluding hydrogens is 526 g/mol. The highest BCUT2D eigenvalue weighted by Crippen LogP contribution is 2.35. The van der Waals surface area contributed by atoms with Crippen LogP contribution in [0.25, 0.3) is 0 Å². The Hall–Kier alpha value is -3.35. The predicted molar refractivity (Wildman–Crippen MR) is 161 cm³/mol. The second kappa shape index (κ2) is 16.7. The van der Waals surface area contributed by atoms with Gasteiger partial charge in [0, 0.05) is 5.02 Å². The summed E-state index contributed by atoms with van der Waals surface area (Å²) < 4.78 is 30.2. The van der Waals surface area contributed by atoms with E-state index in [2.05, 4.69) is 23.5 Å². The molecule has 7 heteroatoms. The van der Waals surface area contributed by atoms with Gasteiger partial charge in [-0.2, -0.15) is 0 Å². The molecule has 0 saturated carbocycles. The summed E-state index contributed by atoms with van der Waals surface area (Å²) in [6, 6.07) is 13.8. The zero-order valence-corrected chi connectivity index (χ0v) is 24.8. The van der Waals surface area contributed by atoms with Crippen LogP contribution < -0.4 is 10.1 Å². The van der Waals surface area contributed by atoms with Crippen molar-refractivity contribution >= 4 is 11.6 Å². The molecule has 2 aromatic carbocycles. The number of benzene rings is 2. The van der Waals surface area contributed by atoms with Gasteiger partial charge in [0.2, 0.25) is 0 Å². The summed E-state index contributed by atoms with van der Waals surface area (Å²) in [5, 5.41) is 4.46. The number of hydrogen-bond acceptors (Lipinski definition) is 6. The smallest absolute Gasteiger partial charge is 0.174 e. The van der Waals surface area contributed by atoms with Crippen LogP contribution >= 0.6 is 11.6 Å². The van der Waals surface area contributed by atoms with Crippen LogP contribution in [0.4, 0.5) is 0 Å². The molecule has 5 atom stereocenters. The molecule has 6 nitrogen and oxygen atoms in total. The maximum atomic E-state index is 6.70. The number of nitrogens with one attached hydrogen (secondary N) is 1. The van der Waals surface area contributed by atoms with Gasteiger partial charge in [-0.3, -0.25) is 5.32 Å². The Morgan fingerprint density at radius 3 is 2.02 bits per heavy atom. The van der Waals surface area contributed by atoms with Crippen molar-refractivity contribution in [3.8, 4) is 5.75 Å². The average Bonchev–Trinajstić information content (AvgIpc) is 2.96. The zero-order chi connectivity index (χ0) is 28.7. The highest BCUT2D eigenvalue weighted by molar-refractivity contribution is 6.31. The first-order valence-electron chi connectivity index (χ1n) is 13.8. The molecule has 1 N–H and O–H groups in total. The van der Waals surface area contributed by atoms with Crippen LogP contribution in [0.5, 0.6) is 5.75 Å². The summed E-state index contributed by atoms with van der Waals surface area (Å²) in [6.45, 7) is 10.7. The van der Waals surface area contributed by atoms with Crippen LogP contribution in [0.15, 0.2) is 91.8 Å². The minimum atomic E-state index is -0.431. The third kappa shape index (κ3) is 8.57. The lowest BCUT2D eigenvalue weighted by molar-refractivity contribution is -0.131. The van der Waals surface area contributed by atoms with Gasteiger partial charge in [-0.05, 0) is 75.9 Å². The monoisotopic (exact) mass is 567 g/mol. The quantitative estimate of drug-likeness (QED) is 0.237. The number of halogens is 1. The summed E-state index contributed by atoms with van der Waals surface area (Å²) in [6.07, 6.45) is 13.7. The van der Waals surface area contributed by atoms with Crippen molar-refractivity contribution in [2.24, 2.45) is 0 Å². The van der Waals surface area contributed by atoms with Crippen LogP contribution in [0.2, 0.25) is 5.02 Å². The Bertz CT molecular complexity index is 1140. The molecule has 216 valence electrons. The van der Waals surface area contributed by atoms with Crippen molar-refractivity contribution in [1.29, 1.82) is 0 Å². The largest absolute Gasteiger partial charge is 0.500 e. The second-order valence-electron chi connectivity index (χ2n) is 9.37. The van der Waals surface area contributed by atoms with Gasteiger partial charge in [-0.15, -0.1) is 0 Å². The van der Waals surface area contributed by atoms with Crippen molar-refractivity contribution in [2.45, 2.75) is 71.4 Å². The first-order chi connectivity index (χ1) is 19.6. The summed E-state index contributed by atoms with van der Waals surface area (Å²) in [5.74, 6) is 0.856. The van der Waals surface area contributed by atoms with E-state index in [0.717, 1.165) is 22.4 Å². The molecule has 0 spiro atoms. The first-order valence-corrected chi connectivity index (χ1v) is 14.2. The minimum Gasteiger partial charge on any atom is -0.500 e. The lowest BCUT2D eigenvalue weighted by atomic mass is 9.85. The fraction of sp³-hybridized carbons (Fsp3) is 0.394. The van der Waals surface area contributed by atoms with Crippen LogP contribution in [0, 0.1) is 0 Å².